The van der Waals surface area contributed by atoms with Crippen LogP contribution in [0.15, 0.2) is 54.7 Å². The molecular weight excluding hydrogens is 295 g/mol. The Balaban J connectivity index is 1.77. The normalized spacial score (nSPS) is 9.91. The van der Waals surface area contributed by atoms with Crippen molar-refractivity contribution in [1.29, 1.82) is 5.26 Å². The zero-order valence-electron chi connectivity index (χ0n) is 11.9. The molecule has 0 saturated heterocycles. The molecule has 1 aromatic heterocycles. The number of anilines is 4. The van der Waals surface area contributed by atoms with Crippen LogP contribution in [0, 0.1) is 17.1 Å². The Bertz CT molecular complexity index is 857. The van der Waals surface area contributed by atoms with Gasteiger partial charge in [0.25, 0.3) is 0 Å². The molecule has 0 unspecified atom stereocenters. The Morgan fingerprint density at radius 1 is 1.00 bits per heavy atom. The molecule has 112 valence electrons. The first kappa shape index (κ1) is 14.4. The van der Waals surface area contributed by atoms with Gasteiger partial charge in [-0.25, -0.2) is 4.39 Å². The van der Waals surface area contributed by atoms with E-state index in [1.165, 1.54) is 18.3 Å². The molecule has 0 bridgehead atoms. The molecule has 6 nitrogen and oxygen atoms in total. The van der Waals surface area contributed by atoms with Crippen LogP contribution in [0.2, 0.25) is 0 Å². The van der Waals surface area contributed by atoms with Gasteiger partial charge in [0.15, 0.2) is 5.82 Å². The quantitative estimate of drug-likeness (QED) is 0.768. The zero-order chi connectivity index (χ0) is 16.1. The van der Waals surface area contributed by atoms with Gasteiger partial charge in [0, 0.05) is 11.4 Å². The van der Waals surface area contributed by atoms with Gasteiger partial charge >= 0.3 is 0 Å². The van der Waals surface area contributed by atoms with Gasteiger partial charge in [0.2, 0.25) is 5.95 Å². The van der Waals surface area contributed by atoms with E-state index in [2.05, 4.69) is 31.9 Å². The van der Waals surface area contributed by atoms with E-state index in [1.807, 2.05) is 6.07 Å². The molecule has 2 aromatic carbocycles. The molecule has 0 fully saturated rings. The Kier molecular flexibility index (Phi) is 4.07. The molecular formula is C16H11FN6. The van der Waals surface area contributed by atoms with Crippen molar-refractivity contribution < 1.29 is 4.39 Å². The summed E-state index contributed by atoms with van der Waals surface area (Å²) in [7, 11) is 0. The Morgan fingerprint density at radius 3 is 2.61 bits per heavy atom. The summed E-state index contributed by atoms with van der Waals surface area (Å²) in [6.45, 7) is 0. The van der Waals surface area contributed by atoms with Gasteiger partial charge in [-0.15, -0.1) is 5.10 Å². The van der Waals surface area contributed by atoms with Gasteiger partial charge in [-0.1, -0.05) is 6.07 Å². The first-order valence-corrected chi connectivity index (χ1v) is 6.72. The van der Waals surface area contributed by atoms with Crippen LogP contribution in [0.5, 0.6) is 0 Å². The second-order valence-electron chi connectivity index (χ2n) is 4.61. The molecule has 0 aliphatic rings. The standard InChI is InChI=1S/C16H11FN6/c17-12-4-6-13(7-5-12)21-16-22-15(10-19-23-16)20-14-3-1-2-11(8-14)9-18/h1-8,10H,(H2,20,21,22,23). The maximum absolute atomic E-state index is 12.9. The first-order valence-electron chi connectivity index (χ1n) is 6.72. The number of nitriles is 1. The first-order chi connectivity index (χ1) is 11.2. The largest absolute Gasteiger partial charge is 0.339 e. The van der Waals surface area contributed by atoms with E-state index in [0.29, 0.717) is 17.1 Å². The second kappa shape index (κ2) is 6.49. The lowest BCUT2D eigenvalue weighted by Crippen LogP contribution is -2.02. The molecule has 0 aliphatic carbocycles. The lowest BCUT2D eigenvalue weighted by atomic mass is 10.2. The maximum Gasteiger partial charge on any atom is 0.249 e. The van der Waals surface area contributed by atoms with E-state index in [-0.39, 0.29) is 11.8 Å². The number of hydrogen-bond donors (Lipinski definition) is 2. The fourth-order valence-corrected chi connectivity index (χ4v) is 1.89. The van der Waals surface area contributed by atoms with E-state index in [9.17, 15) is 4.39 Å². The number of nitrogens with one attached hydrogen (secondary N) is 2. The topological polar surface area (TPSA) is 86.5 Å². The van der Waals surface area contributed by atoms with Crippen LogP contribution in [0.4, 0.5) is 27.5 Å². The lowest BCUT2D eigenvalue weighted by Gasteiger charge is -2.07. The molecule has 7 heteroatoms. The summed E-state index contributed by atoms with van der Waals surface area (Å²) >= 11 is 0. The highest BCUT2D eigenvalue weighted by molar-refractivity contribution is 5.60. The van der Waals surface area contributed by atoms with Crippen molar-refractivity contribution >= 4 is 23.1 Å². The van der Waals surface area contributed by atoms with Gasteiger partial charge in [-0.05, 0) is 42.5 Å². The summed E-state index contributed by atoms with van der Waals surface area (Å²) in [5.74, 6) is 0.431. The van der Waals surface area contributed by atoms with Crippen molar-refractivity contribution in [3.8, 4) is 6.07 Å². The Hall–Kier alpha value is -3.53. The highest BCUT2D eigenvalue weighted by atomic mass is 19.1. The zero-order valence-corrected chi connectivity index (χ0v) is 11.9. The molecule has 0 spiro atoms. The SMILES string of the molecule is N#Cc1cccc(Nc2cnnc(Nc3ccc(F)cc3)n2)c1. The molecule has 2 N–H and O–H groups in total. The van der Waals surface area contributed by atoms with Crippen LogP contribution in [0.3, 0.4) is 0 Å². The van der Waals surface area contributed by atoms with Crippen molar-refractivity contribution in [3.05, 3.63) is 66.1 Å². The van der Waals surface area contributed by atoms with Gasteiger partial charge in [0.05, 0.1) is 17.8 Å². The number of nitrogens with zero attached hydrogens (tertiary/aromatic N) is 4. The second-order valence-corrected chi connectivity index (χ2v) is 4.61. The molecule has 0 atom stereocenters. The molecule has 3 rings (SSSR count). The highest BCUT2D eigenvalue weighted by Gasteiger charge is 2.03. The minimum Gasteiger partial charge on any atom is -0.339 e. The average molecular weight is 306 g/mol. The number of halogens is 1. The van der Waals surface area contributed by atoms with Gasteiger partial charge in [0.1, 0.15) is 5.82 Å². The van der Waals surface area contributed by atoms with E-state index in [1.54, 1.807) is 30.3 Å². The van der Waals surface area contributed by atoms with Crippen LogP contribution in [-0.2, 0) is 0 Å². The van der Waals surface area contributed by atoms with Crippen molar-refractivity contribution in [2.45, 2.75) is 0 Å². The van der Waals surface area contributed by atoms with Crippen molar-refractivity contribution in [2.24, 2.45) is 0 Å². The fraction of sp³-hybridized carbons (Fsp3) is 0. The monoisotopic (exact) mass is 306 g/mol. The molecule has 0 radical (unpaired) electrons. The fourth-order valence-electron chi connectivity index (χ4n) is 1.89. The number of rotatable bonds is 4. The third kappa shape index (κ3) is 3.77. The summed E-state index contributed by atoms with van der Waals surface area (Å²) in [4.78, 5) is 4.27. The summed E-state index contributed by atoms with van der Waals surface area (Å²) in [5.41, 5.74) is 1.91. The molecule has 23 heavy (non-hydrogen) atoms. The van der Waals surface area contributed by atoms with E-state index >= 15 is 0 Å². The predicted octanol–water partition coefficient (Wildman–Crippen LogP) is 3.37. The van der Waals surface area contributed by atoms with Gasteiger partial charge in [-0.3, -0.25) is 0 Å². The van der Waals surface area contributed by atoms with E-state index in [0.717, 1.165) is 5.69 Å². The summed E-state index contributed by atoms with van der Waals surface area (Å²) < 4.78 is 12.9. The summed E-state index contributed by atoms with van der Waals surface area (Å²) in [6.07, 6.45) is 1.47. The molecule has 3 aromatic rings. The van der Waals surface area contributed by atoms with Crippen molar-refractivity contribution in [2.75, 3.05) is 10.6 Å². The van der Waals surface area contributed by atoms with Crippen LogP contribution in [-0.4, -0.2) is 15.2 Å². The highest BCUT2D eigenvalue weighted by Crippen LogP contribution is 2.17. The number of hydrogen-bond acceptors (Lipinski definition) is 6. The van der Waals surface area contributed by atoms with Gasteiger partial charge < -0.3 is 10.6 Å². The maximum atomic E-state index is 12.9. The minimum atomic E-state index is -0.317. The Labute approximate surface area is 131 Å². The van der Waals surface area contributed by atoms with Crippen LogP contribution < -0.4 is 10.6 Å². The van der Waals surface area contributed by atoms with Crippen LogP contribution in [0.25, 0.3) is 0 Å². The smallest absolute Gasteiger partial charge is 0.249 e. The van der Waals surface area contributed by atoms with Crippen LogP contribution in [0.1, 0.15) is 5.56 Å². The average Bonchev–Trinajstić information content (AvgIpc) is 2.57. The molecule has 0 amide bonds. The Morgan fingerprint density at radius 2 is 1.83 bits per heavy atom. The molecule has 0 saturated carbocycles. The van der Waals surface area contributed by atoms with Crippen molar-refractivity contribution in [3.63, 3.8) is 0 Å². The van der Waals surface area contributed by atoms with Crippen molar-refractivity contribution in [1.82, 2.24) is 15.2 Å². The summed E-state index contributed by atoms with van der Waals surface area (Å²) in [5, 5.41) is 22.6. The van der Waals surface area contributed by atoms with Gasteiger partial charge in [-0.2, -0.15) is 15.3 Å². The van der Waals surface area contributed by atoms with Crippen LogP contribution >= 0.6 is 0 Å². The number of aromatic nitrogens is 3. The lowest BCUT2D eigenvalue weighted by molar-refractivity contribution is 0.628. The third-order valence-electron chi connectivity index (χ3n) is 2.92. The third-order valence-corrected chi connectivity index (χ3v) is 2.92. The minimum absolute atomic E-state index is 0.276. The molecule has 1 heterocycles. The predicted molar refractivity (Wildman–Crippen MR) is 83.9 cm³/mol. The molecule has 0 aliphatic heterocycles. The number of benzene rings is 2. The summed E-state index contributed by atoms with van der Waals surface area (Å²) in [6, 6.07) is 14.9. The van der Waals surface area contributed by atoms with E-state index < -0.39 is 0 Å². The van der Waals surface area contributed by atoms with E-state index in [4.69, 9.17) is 5.26 Å².